The Hall–Kier alpha value is -3.89. The Morgan fingerprint density at radius 2 is 1.82 bits per heavy atom. The highest BCUT2D eigenvalue weighted by Crippen LogP contribution is 2.26. The fourth-order valence-electron chi connectivity index (χ4n) is 2.30. The van der Waals surface area contributed by atoms with Gasteiger partial charge >= 0.3 is 5.97 Å². The zero-order valence-electron chi connectivity index (χ0n) is 14.3. The summed E-state index contributed by atoms with van der Waals surface area (Å²) in [5.74, 6) is -3.69. The SMILES string of the molecule is CC(OC(=O)c1c(F)cc(N)cc1F)c1nnc(-c2ccc([N+](=O)[O-])cc2)o1. The van der Waals surface area contributed by atoms with Gasteiger partial charge in [-0.05, 0) is 31.2 Å². The van der Waals surface area contributed by atoms with Gasteiger partial charge in [0.05, 0.1) is 4.92 Å². The van der Waals surface area contributed by atoms with Crippen molar-refractivity contribution in [1.82, 2.24) is 10.2 Å². The van der Waals surface area contributed by atoms with Gasteiger partial charge in [0.2, 0.25) is 5.89 Å². The minimum absolute atomic E-state index is 0.0256. The Balaban J connectivity index is 1.76. The van der Waals surface area contributed by atoms with Gasteiger partial charge in [-0.3, -0.25) is 10.1 Å². The average molecular weight is 390 g/mol. The number of nitro benzene ring substituents is 1. The van der Waals surface area contributed by atoms with Gasteiger partial charge in [-0.25, -0.2) is 13.6 Å². The number of benzene rings is 2. The number of aromatic nitrogens is 2. The van der Waals surface area contributed by atoms with E-state index in [9.17, 15) is 23.7 Å². The Kier molecular flexibility index (Phi) is 4.98. The standard InChI is InChI=1S/C17H12F2N4O5/c1-8(27-17(24)14-12(18)6-10(20)7-13(14)19)15-21-22-16(28-15)9-2-4-11(5-3-9)23(25)26/h2-8H,20H2,1H3. The summed E-state index contributed by atoms with van der Waals surface area (Å²) in [4.78, 5) is 22.2. The van der Waals surface area contributed by atoms with Crippen LogP contribution in [0.1, 0.15) is 29.3 Å². The van der Waals surface area contributed by atoms with E-state index in [0.29, 0.717) is 5.56 Å². The van der Waals surface area contributed by atoms with Crippen LogP contribution in [0, 0.1) is 21.7 Å². The zero-order valence-corrected chi connectivity index (χ0v) is 14.3. The number of hydrogen-bond donors (Lipinski definition) is 1. The summed E-state index contributed by atoms with van der Waals surface area (Å²) >= 11 is 0. The van der Waals surface area contributed by atoms with E-state index in [2.05, 4.69) is 10.2 Å². The number of hydrogen-bond acceptors (Lipinski definition) is 8. The molecule has 0 radical (unpaired) electrons. The highest BCUT2D eigenvalue weighted by molar-refractivity contribution is 5.90. The molecule has 2 aromatic carbocycles. The normalized spacial score (nSPS) is 11.8. The third kappa shape index (κ3) is 3.77. The fourth-order valence-corrected chi connectivity index (χ4v) is 2.30. The van der Waals surface area contributed by atoms with Crippen molar-refractivity contribution in [1.29, 1.82) is 0 Å². The van der Waals surface area contributed by atoms with Crippen LogP contribution in [0.2, 0.25) is 0 Å². The maximum atomic E-state index is 13.8. The van der Waals surface area contributed by atoms with Gasteiger partial charge in [-0.15, -0.1) is 10.2 Å². The molecule has 0 fully saturated rings. The second-order valence-corrected chi connectivity index (χ2v) is 5.66. The van der Waals surface area contributed by atoms with Crippen LogP contribution in [-0.4, -0.2) is 21.1 Å². The van der Waals surface area contributed by atoms with Gasteiger partial charge in [0.1, 0.15) is 17.2 Å². The first-order valence-electron chi connectivity index (χ1n) is 7.80. The van der Waals surface area contributed by atoms with Crippen LogP contribution in [0.5, 0.6) is 0 Å². The number of rotatable bonds is 5. The highest BCUT2D eigenvalue weighted by atomic mass is 19.1. The van der Waals surface area contributed by atoms with E-state index < -0.39 is 34.2 Å². The molecule has 2 N–H and O–H groups in total. The summed E-state index contributed by atoms with van der Waals surface area (Å²) < 4.78 is 38.0. The number of carbonyl (C=O) groups is 1. The van der Waals surface area contributed by atoms with Crippen molar-refractivity contribution in [2.45, 2.75) is 13.0 Å². The van der Waals surface area contributed by atoms with Crippen LogP contribution >= 0.6 is 0 Å². The molecule has 11 heteroatoms. The molecule has 0 spiro atoms. The van der Waals surface area contributed by atoms with Gasteiger partial charge in [0, 0.05) is 23.4 Å². The van der Waals surface area contributed by atoms with Gasteiger partial charge in [0.25, 0.3) is 11.6 Å². The number of nitro groups is 1. The zero-order chi connectivity index (χ0) is 20.4. The number of non-ortho nitro benzene ring substituents is 1. The van der Waals surface area contributed by atoms with Crippen molar-refractivity contribution < 1.29 is 27.7 Å². The number of halogens is 2. The topological polar surface area (TPSA) is 134 Å². The molecule has 1 heterocycles. The smallest absolute Gasteiger partial charge is 0.344 e. The van der Waals surface area contributed by atoms with E-state index in [-0.39, 0.29) is 23.2 Å². The summed E-state index contributed by atoms with van der Waals surface area (Å²) in [6.45, 7) is 1.37. The molecule has 9 nitrogen and oxygen atoms in total. The van der Waals surface area contributed by atoms with Crippen molar-refractivity contribution in [3.05, 3.63) is 69.6 Å². The second kappa shape index (κ2) is 7.39. The summed E-state index contributed by atoms with van der Waals surface area (Å²) in [6, 6.07) is 6.93. The molecule has 0 saturated heterocycles. The molecule has 144 valence electrons. The largest absolute Gasteiger partial charge is 0.449 e. The number of carbonyl (C=O) groups excluding carboxylic acids is 1. The maximum Gasteiger partial charge on any atom is 0.344 e. The molecule has 1 atom stereocenters. The van der Waals surface area contributed by atoms with Crippen LogP contribution in [0.3, 0.4) is 0 Å². The molecule has 0 saturated carbocycles. The number of nitrogens with two attached hydrogens (primary N) is 1. The summed E-state index contributed by atoms with van der Waals surface area (Å²) in [5.41, 5.74) is 4.52. The molecule has 3 rings (SSSR count). The van der Waals surface area contributed by atoms with Crippen LogP contribution < -0.4 is 5.73 Å². The van der Waals surface area contributed by atoms with E-state index in [1.165, 1.54) is 31.2 Å². The van der Waals surface area contributed by atoms with Crippen LogP contribution in [0.4, 0.5) is 20.2 Å². The number of anilines is 1. The fraction of sp³-hybridized carbons (Fsp3) is 0.118. The first-order valence-corrected chi connectivity index (χ1v) is 7.80. The van der Waals surface area contributed by atoms with E-state index in [4.69, 9.17) is 14.9 Å². The lowest BCUT2D eigenvalue weighted by atomic mass is 10.2. The van der Waals surface area contributed by atoms with Gasteiger partial charge in [0.15, 0.2) is 6.10 Å². The monoisotopic (exact) mass is 390 g/mol. The summed E-state index contributed by atoms with van der Waals surface area (Å²) in [7, 11) is 0. The highest BCUT2D eigenvalue weighted by Gasteiger charge is 2.25. The van der Waals surface area contributed by atoms with Crippen molar-refractivity contribution >= 4 is 17.3 Å². The molecular weight excluding hydrogens is 378 g/mol. The van der Waals surface area contributed by atoms with Gasteiger partial charge < -0.3 is 14.9 Å². The van der Waals surface area contributed by atoms with E-state index in [1.54, 1.807) is 0 Å². The molecule has 0 aliphatic rings. The lowest BCUT2D eigenvalue weighted by Gasteiger charge is -2.10. The van der Waals surface area contributed by atoms with Crippen LogP contribution in [0.25, 0.3) is 11.5 Å². The van der Waals surface area contributed by atoms with E-state index >= 15 is 0 Å². The summed E-state index contributed by atoms with van der Waals surface area (Å²) in [5, 5.41) is 18.2. The molecule has 1 aromatic heterocycles. The molecule has 0 amide bonds. The Bertz CT molecular complexity index is 1030. The molecule has 0 bridgehead atoms. The minimum atomic E-state index is -1.27. The molecular formula is C17H12F2N4O5. The molecule has 0 aliphatic carbocycles. The number of ether oxygens (including phenoxy) is 1. The van der Waals surface area contributed by atoms with Crippen LogP contribution in [-0.2, 0) is 4.74 Å². The van der Waals surface area contributed by atoms with E-state index in [0.717, 1.165) is 12.1 Å². The first-order chi connectivity index (χ1) is 13.3. The molecule has 1 unspecified atom stereocenters. The van der Waals surface area contributed by atoms with Crippen molar-refractivity contribution in [2.75, 3.05) is 5.73 Å². The van der Waals surface area contributed by atoms with E-state index in [1.807, 2.05) is 0 Å². The minimum Gasteiger partial charge on any atom is -0.449 e. The Morgan fingerprint density at radius 1 is 1.21 bits per heavy atom. The lowest BCUT2D eigenvalue weighted by Crippen LogP contribution is -2.13. The summed E-state index contributed by atoms with van der Waals surface area (Å²) in [6.07, 6.45) is -1.11. The third-order valence-electron chi connectivity index (χ3n) is 3.67. The maximum absolute atomic E-state index is 13.8. The Morgan fingerprint density at radius 3 is 2.39 bits per heavy atom. The van der Waals surface area contributed by atoms with Crippen molar-refractivity contribution in [3.8, 4) is 11.5 Å². The van der Waals surface area contributed by atoms with Crippen molar-refractivity contribution in [3.63, 3.8) is 0 Å². The lowest BCUT2D eigenvalue weighted by molar-refractivity contribution is -0.384. The number of esters is 1. The van der Waals surface area contributed by atoms with Gasteiger partial charge in [-0.2, -0.15) is 0 Å². The first kappa shape index (κ1) is 18.9. The number of nitrogen functional groups attached to an aromatic ring is 1. The van der Waals surface area contributed by atoms with Crippen LogP contribution in [0.15, 0.2) is 40.8 Å². The predicted molar refractivity (Wildman–Crippen MR) is 91.0 cm³/mol. The predicted octanol–water partition coefficient (Wildman–Crippen LogP) is 3.42. The average Bonchev–Trinajstić information content (AvgIpc) is 3.11. The Labute approximate surface area is 155 Å². The van der Waals surface area contributed by atoms with Gasteiger partial charge in [-0.1, -0.05) is 0 Å². The quantitative estimate of drug-likeness (QED) is 0.303. The van der Waals surface area contributed by atoms with Crippen molar-refractivity contribution in [2.24, 2.45) is 0 Å². The molecule has 28 heavy (non-hydrogen) atoms. The molecule has 3 aromatic rings. The second-order valence-electron chi connectivity index (χ2n) is 5.66. The third-order valence-corrected chi connectivity index (χ3v) is 3.67. The number of nitrogens with zero attached hydrogens (tertiary/aromatic N) is 3. The molecule has 0 aliphatic heterocycles.